The Bertz CT molecular complexity index is 561. The van der Waals surface area contributed by atoms with Crippen molar-refractivity contribution in [2.24, 2.45) is 0 Å². The van der Waals surface area contributed by atoms with E-state index in [9.17, 15) is 13.2 Å². The van der Waals surface area contributed by atoms with Gasteiger partial charge in [0, 0.05) is 11.4 Å². The van der Waals surface area contributed by atoms with Gasteiger partial charge in [-0.3, -0.25) is 4.79 Å². The van der Waals surface area contributed by atoms with E-state index in [1.165, 1.54) is 25.1 Å². The van der Waals surface area contributed by atoms with Crippen LogP contribution in [0.2, 0.25) is 0 Å². The van der Waals surface area contributed by atoms with Crippen molar-refractivity contribution < 1.29 is 17.9 Å². The maximum absolute atomic E-state index is 12.0. The average Bonchev–Trinajstić information content (AvgIpc) is 2.98. The molecule has 0 amide bonds. The molecule has 4 nitrogen and oxygen atoms in total. The SMILES string of the molecule is CC(=O)Oc1ccc(S(=O)(=O)C2CC2)c(Br)c1. The first-order chi connectivity index (χ1) is 7.91. The predicted octanol–water partition coefficient (Wildman–Crippen LogP) is 2.31. The summed E-state index contributed by atoms with van der Waals surface area (Å²) in [6, 6.07) is 4.45. The highest BCUT2D eigenvalue weighted by molar-refractivity contribution is 9.10. The molecule has 1 fully saturated rings. The van der Waals surface area contributed by atoms with Crippen LogP contribution in [0.5, 0.6) is 5.75 Å². The third-order valence-corrected chi connectivity index (χ3v) is 5.67. The summed E-state index contributed by atoms with van der Waals surface area (Å²) in [6.45, 7) is 1.29. The fraction of sp³-hybridized carbons (Fsp3) is 0.364. The Morgan fingerprint density at radius 1 is 1.41 bits per heavy atom. The highest BCUT2D eigenvalue weighted by Gasteiger charge is 2.37. The highest BCUT2D eigenvalue weighted by atomic mass is 79.9. The quantitative estimate of drug-likeness (QED) is 0.634. The fourth-order valence-corrected chi connectivity index (χ4v) is 4.24. The van der Waals surface area contributed by atoms with Crippen LogP contribution >= 0.6 is 15.9 Å². The number of hydrogen-bond donors (Lipinski definition) is 0. The van der Waals surface area contributed by atoms with E-state index in [2.05, 4.69) is 15.9 Å². The number of hydrogen-bond acceptors (Lipinski definition) is 4. The van der Waals surface area contributed by atoms with Crippen molar-refractivity contribution in [3.05, 3.63) is 22.7 Å². The molecule has 2 rings (SSSR count). The third-order valence-electron chi connectivity index (χ3n) is 2.43. The van der Waals surface area contributed by atoms with Crippen LogP contribution in [0.25, 0.3) is 0 Å². The molecule has 0 radical (unpaired) electrons. The van der Waals surface area contributed by atoms with Gasteiger partial charge in [0.25, 0.3) is 0 Å². The van der Waals surface area contributed by atoms with Crippen molar-refractivity contribution >= 4 is 31.7 Å². The molecule has 6 heteroatoms. The van der Waals surface area contributed by atoms with E-state index in [0.717, 1.165) is 12.8 Å². The molecule has 0 N–H and O–H groups in total. The van der Waals surface area contributed by atoms with Gasteiger partial charge in [0.05, 0.1) is 10.1 Å². The molecule has 0 atom stereocenters. The molecule has 1 saturated carbocycles. The number of esters is 1. The van der Waals surface area contributed by atoms with Gasteiger partial charge in [0.15, 0.2) is 9.84 Å². The Balaban J connectivity index is 2.35. The molecule has 0 heterocycles. The Hall–Kier alpha value is -0.880. The Morgan fingerprint density at radius 2 is 2.06 bits per heavy atom. The van der Waals surface area contributed by atoms with Crippen molar-refractivity contribution in [3.63, 3.8) is 0 Å². The molecular weight excluding hydrogens is 308 g/mol. The van der Waals surface area contributed by atoms with Gasteiger partial charge in [-0.15, -0.1) is 0 Å². The van der Waals surface area contributed by atoms with Gasteiger partial charge < -0.3 is 4.74 Å². The molecule has 1 aliphatic rings. The number of carbonyl (C=O) groups excluding carboxylic acids is 1. The zero-order chi connectivity index (χ0) is 12.6. The smallest absolute Gasteiger partial charge is 0.308 e. The molecule has 0 bridgehead atoms. The molecular formula is C11H11BrO4S. The van der Waals surface area contributed by atoms with E-state index in [4.69, 9.17) is 4.74 Å². The lowest BCUT2D eigenvalue weighted by molar-refractivity contribution is -0.131. The van der Waals surface area contributed by atoms with Crippen LogP contribution < -0.4 is 4.74 Å². The summed E-state index contributed by atoms with van der Waals surface area (Å²) < 4.78 is 29.3. The fourth-order valence-electron chi connectivity index (χ4n) is 1.50. The summed E-state index contributed by atoms with van der Waals surface area (Å²) in [7, 11) is -3.23. The summed E-state index contributed by atoms with van der Waals surface area (Å²) in [4.78, 5) is 11.0. The second-order valence-electron chi connectivity index (χ2n) is 3.93. The van der Waals surface area contributed by atoms with Crippen LogP contribution in [-0.4, -0.2) is 19.6 Å². The van der Waals surface area contributed by atoms with E-state index in [-0.39, 0.29) is 10.1 Å². The number of rotatable bonds is 3. The first-order valence-electron chi connectivity index (χ1n) is 5.13. The minimum absolute atomic E-state index is 0.252. The van der Waals surface area contributed by atoms with Crippen LogP contribution in [0.15, 0.2) is 27.6 Å². The van der Waals surface area contributed by atoms with Crippen LogP contribution in [0, 0.1) is 0 Å². The number of carbonyl (C=O) groups is 1. The average molecular weight is 319 g/mol. The summed E-state index contributed by atoms with van der Waals surface area (Å²) in [5.41, 5.74) is 0. The normalized spacial score (nSPS) is 15.6. The van der Waals surface area contributed by atoms with Crippen molar-refractivity contribution in [2.45, 2.75) is 29.9 Å². The molecule has 1 aromatic rings. The zero-order valence-electron chi connectivity index (χ0n) is 9.14. The molecule has 1 aliphatic carbocycles. The maximum atomic E-state index is 12.0. The van der Waals surface area contributed by atoms with Gasteiger partial charge in [0.2, 0.25) is 0 Å². The summed E-state index contributed by atoms with van der Waals surface area (Å²) in [5.74, 6) is -0.103. The molecule has 17 heavy (non-hydrogen) atoms. The number of benzene rings is 1. The largest absolute Gasteiger partial charge is 0.427 e. The first kappa shape index (κ1) is 12.6. The Morgan fingerprint density at radius 3 is 2.53 bits per heavy atom. The zero-order valence-corrected chi connectivity index (χ0v) is 11.5. The number of halogens is 1. The summed E-state index contributed by atoms with van der Waals surface area (Å²) in [5, 5.41) is -0.252. The lowest BCUT2D eigenvalue weighted by Gasteiger charge is -2.07. The summed E-state index contributed by atoms with van der Waals surface area (Å²) >= 11 is 3.20. The minimum Gasteiger partial charge on any atom is -0.427 e. The molecule has 0 aliphatic heterocycles. The molecule has 0 unspecified atom stereocenters. The first-order valence-corrected chi connectivity index (χ1v) is 7.47. The van der Waals surface area contributed by atoms with Gasteiger partial charge in [-0.05, 0) is 47.0 Å². The monoisotopic (exact) mass is 318 g/mol. The van der Waals surface area contributed by atoms with E-state index >= 15 is 0 Å². The Labute approximate surface area is 108 Å². The molecule has 0 aromatic heterocycles. The van der Waals surface area contributed by atoms with Crippen molar-refractivity contribution in [1.82, 2.24) is 0 Å². The van der Waals surface area contributed by atoms with Crippen molar-refractivity contribution in [2.75, 3.05) is 0 Å². The molecule has 92 valence electrons. The van der Waals surface area contributed by atoms with Crippen LogP contribution in [0.4, 0.5) is 0 Å². The van der Waals surface area contributed by atoms with Gasteiger partial charge in [-0.1, -0.05) is 0 Å². The van der Waals surface area contributed by atoms with Crippen molar-refractivity contribution in [1.29, 1.82) is 0 Å². The second-order valence-corrected chi connectivity index (χ2v) is 6.98. The standard InChI is InChI=1S/C11H11BrO4S/c1-7(13)16-8-2-5-11(10(12)6-8)17(14,15)9-3-4-9/h2,5-6,9H,3-4H2,1H3. The lowest BCUT2D eigenvalue weighted by atomic mass is 10.3. The van der Waals surface area contributed by atoms with E-state index in [0.29, 0.717) is 10.2 Å². The van der Waals surface area contributed by atoms with Gasteiger partial charge >= 0.3 is 5.97 Å². The van der Waals surface area contributed by atoms with Gasteiger partial charge in [-0.2, -0.15) is 0 Å². The van der Waals surface area contributed by atoms with Crippen molar-refractivity contribution in [3.8, 4) is 5.75 Å². The number of sulfone groups is 1. The molecule has 0 saturated heterocycles. The van der Waals surface area contributed by atoms with E-state index < -0.39 is 15.8 Å². The molecule has 1 aromatic carbocycles. The third kappa shape index (κ3) is 2.69. The lowest BCUT2D eigenvalue weighted by Crippen LogP contribution is -2.08. The maximum Gasteiger partial charge on any atom is 0.308 e. The second kappa shape index (κ2) is 4.42. The predicted molar refractivity (Wildman–Crippen MR) is 65.7 cm³/mol. The van der Waals surface area contributed by atoms with Crippen LogP contribution in [0.1, 0.15) is 19.8 Å². The summed E-state index contributed by atoms with van der Waals surface area (Å²) in [6.07, 6.45) is 1.45. The Kier molecular flexibility index (Phi) is 3.27. The van der Waals surface area contributed by atoms with E-state index in [1.54, 1.807) is 0 Å². The van der Waals surface area contributed by atoms with Crippen LogP contribution in [-0.2, 0) is 14.6 Å². The van der Waals surface area contributed by atoms with Crippen LogP contribution in [0.3, 0.4) is 0 Å². The van der Waals surface area contributed by atoms with Gasteiger partial charge in [0.1, 0.15) is 5.75 Å². The highest BCUT2D eigenvalue weighted by Crippen LogP contribution is 2.37. The minimum atomic E-state index is -3.23. The molecule has 0 spiro atoms. The topological polar surface area (TPSA) is 60.4 Å². The van der Waals surface area contributed by atoms with E-state index in [1.807, 2.05) is 0 Å². The number of ether oxygens (including phenoxy) is 1. The van der Waals surface area contributed by atoms with Gasteiger partial charge in [-0.25, -0.2) is 8.42 Å².